The summed E-state index contributed by atoms with van der Waals surface area (Å²) >= 11 is 0. The van der Waals surface area contributed by atoms with Crippen molar-refractivity contribution >= 4 is 21.7 Å². The van der Waals surface area contributed by atoms with Gasteiger partial charge in [0, 0.05) is 32.4 Å². The van der Waals surface area contributed by atoms with Gasteiger partial charge in [-0.3, -0.25) is 9.59 Å². The number of piperazine rings is 1. The number of hydrogen-bond acceptors (Lipinski definition) is 5. The minimum Gasteiger partial charge on any atom is -0.355 e. The molecule has 0 spiro atoms. The van der Waals surface area contributed by atoms with Crippen LogP contribution in [0.3, 0.4) is 0 Å². The molecule has 2 N–H and O–H groups in total. The molecule has 1 aliphatic rings. The molecule has 0 saturated carbocycles. The molecular formula is C12H23N3O4S. The van der Waals surface area contributed by atoms with Gasteiger partial charge in [0.15, 0.2) is 9.84 Å². The van der Waals surface area contributed by atoms with E-state index >= 15 is 0 Å². The molecule has 0 radical (unpaired) electrons. The van der Waals surface area contributed by atoms with E-state index in [2.05, 4.69) is 10.6 Å². The lowest BCUT2D eigenvalue weighted by molar-refractivity contribution is -0.142. The molecule has 0 aliphatic carbocycles. The van der Waals surface area contributed by atoms with Crippen molar-refractivity contribution in [3.05, 3.63) is 0 Å². The van der Waals surface area contributed by atoms with Crippen LogP contribution in [0.1, 0.15) is 20.8 Å². The molecule has 8 heteroatoms. The Kier molecular flexibility index (Phi) is 5.15. The first-order valence-electron chi connectivity index (χ1n) is 6.62. The predicted octanol–water partition coefficient (Wildman–Crippen LogP) is -1.25. The molecule has 7 nitrogen and oxygen atoms in total. The topological polar surface area (TPSA) is 95.6 Å². The van der Waals surface area contributed by atoms with E-state index in [-0.39, 0.29) is 5.91 Å². The van der Waals surface area contributed by atoms with Crippen LogP contribution in [0, 0.1) is 0 Å². The Morgan fingerprint density at radius 2 is 2.00 bits per heavy atom. The normalized spacial score (nSPS) is 20.6. The van der Waals surface area contributed by atoms with Crippen LogP contribution in [0.5, 0.6) is 0 Å². The minimum atomic E-state index is -3.56. The number of likely N-dealkylation sites (N-methyl/N-ethyl adjacent to an activating group) is 1. The highest BCUT2D eigenvalue weighted by Gasteiger charge is 2.45. The smallest absolute Gasteiger partial charge is 0.244 e. The Hall–Kier alpha value is -1.15. The van der Waals surface area contributed by atoms with Crippen molar-refractivity contribution in [2.75, 3.05) is 32.4 Å². The lowest BCUT2D eigenvalue weighted by Gasteiger charge is -2.39. The second-order valence-corrected chi connectivity index (χ2v) is 7.96. The standard InChI is InChI=1S/C12H23N3O4S/c1-5-14-10(16)9-8-13-6-7-15(9)11(17)12(2,3)20(4,18)19/h9,13H,5-8H2,1-4H3,(H,14,16). The summed E-state index contributed by atoms with van der Waals surface area (Å²) < 4.78 is 22.0. The third-order valence-corrected chi connectivity index (χ3v) is 5.63. The van der Waals surface area contributed by atoms with Gasteiger partial charge in [-0.1, -0.05) is 0 Å². The second kappa shape index (κ2) is 6.09. The summed E-state index contributed by atoms with van der Waals surface area (Å²) in [6, 6.07) is -0.669. The first kappa shape index (κ1) is 16.9. The average Bonchev–Trinajstić information content (AvgIpc) is 2.36. The number of nitrogens with zero attached hydrogens (tertiary/aromatic N) is 1. The zero-order valence-electron chi connectivity index (χ0n) is 12.4. The number of amides is 2. The molecular weight excluding hydrogens is 282 g/mol. The van der Waals surface area contributed by atoms with Crippen molar-refractivity contribution in [1.29, 1.82) is 0 Å². The number of hydrogen-bond donors (Lipinski definition) is 2. The first-order valence-corrected chi connectivity index (χ1v) is 8.51. The summed E-state index contributed by atoms with van der Waals surface area (Å²) in [5, 5.41) is 5.71. The Morgan fingerprint density at radius 1 is 1.40 bits per heavy atom. The van der Waals surface area contributed by atoms with E-state index < -0.39 is 26.5 Å². The molecule has 1 atom stereocenters. The molecule has 1 saturated heterocycles. The van der Waals surface area contributed by atoms with Gasteiger partial charge in [0.25, 0.3) is 0 Å². The Balaban J connectivity index is 3.02. The van der Waals surface area contributed by atoms with Gasteiger partial charge in [0.2, 0.25) is 11.8 Å². The molecule has 1 fully saturated rings. The summed E-state index contributed by atoms with van der Waals surface area (Å²) in [4.78, 5) is 25.9. The third-order valence-electron chi connectivity index (χ3n) is 3.60. The van der Waals surface area contributed by atoms with Crippen molar-refractivity contribution in [2.45, 2.75) is 31.6 Å². The maximum Gasteiger partial charge on any atom is 0.244 e. The fourth-order valence-electron chi connectivity index (χ4n) is 1.98. The van der Waals surface area contributed by atoms with E-state index in [4.69, 9.17) is 0 Å². The Labute approximate surface area is 120 Å². The highest BCUT2D eigenvalue weighted by molar-refractivity contribution is 7.92. The molecule has 20 heavy (non-hydrogen) atoms. The fraction of sp³-hybridized carbons (Fsp3) is 0.833. The zero-order valence-corrected chi connectivity index (χ0v) is 13.2. The van der Waals surface area contributed by atoms with Crippen LogP contribution in [0.15, 0.2) is 0 Å². The number of nitrogens with one attached hydrogen (secondary N) is 2. The summed E-state index contributed by atoms with van der Waals surface area (Å²) in [5.41, 5.74) is 0. The lowest BCUT2D eigenvalue weighted by Crippen LogP contribution is -2.63. The predicted molar refractivity (Wildman–Crippen MR) is 76.0 cm³/mol. The van der Waals surface area contributed by atoms with Crippen LogP contribution in [-0.2, 0) is 19.4 Å². The molecule has 2 amide bonds. The van der Waals surface area contributed by atoms with Crippen molar-refractivity contribution in [3.8, 4) is 0 Å². The molecule has 1 heterocycles. The summed E-state index contributed by atoms with van der Waals surface area (Å²) in [6.45, 7) is 6.20. The number of sulfone groups is 1. The number of carbonyl (C=O) groups is 2. The van der Waals surface area contributed by atoms with Gasteiger partial charge >= 0.3 is 0 Å². The van der Waals surface area contributed by atoms with E-state index in [1.54, 1.807) is 6.92 Å². The second-order valence-electron chi connectivity index (χ2n) is 5.40. The maximum absolute atomic E-state index is 12.5. The summed E-state index contributed by atoms with van der Waals surface area (Å²) in [6.07, 6.45) is 1.04. The van der Waals surface area contributed by atoms with Crippen LogP contribution < -0.4 is 10.6 Å². The van der Waals surface area contributed by atoms with Gasteiger partial charge in [-0.15, -0.1) is 0 Å². The molecule has 1 aliphatic heterocycles. The van der Waals surface area contributed by atoms with Gasteiger partial charge in [0.05, 0.1) is 0 Å². The quantitative estimate of drug-likeness (QED) is 0.676. The lowest BCUT2D eigenvalue weighted by atomic mass is 10.1. The third kappa shape index (κ3) is 3.29. The van der Waals surface area contributed by atoms with Crippen LogP contribution >= 0.6 is 0 Å². The first-order chi connectivity index (χ1) is 9.13. The fourth-order valence-corrected chi connectivity index (χ4v) is 2.41. The Bertz CT molecular complexity index is 487. The van der Waals surface area contributed by atoms with E-state index in [9.17, 15) is 18.0 Å². The van der Waals surface area contributed by atoms with Crippen LogP contribution in [0.2, 0.25) is 0 Å². The highest BCUT2D eigenvalue weighted by atomic mass is 32.2. The van der Waals surface area contributed by atoms with Crippen molar-refractivity contribution in [2.24, 2.45) is 0 Å². The van der Waals surface area contributed by atoms with Gasteiger partial charge in [-0.25, -0.2) is 8.42 Å². The van der Waals surface area contributed by atoms with Crippen molar-refractivity contribution < 1.29 is 18.0 Å². The largest absolute Gasteiger partial charge is 0.355 e. The zero-order chi connectivity index (χ0) is 15.6. The van der Waals surface area contributed by atoms with Gasteiger partial charge < -0.3 is 15.5 Å². The van der Waals surface area contributed by atoms with E-state index in [0.29, 0.717) is 26.2 Å². The average molecular weight is 305 g/mol. The number of rotatable bonds is 4. The van der Waals surface area contributed by atoms with Crippen LogP contribution in [-0.4, -0.2) is 68.4 Å². The Morgan fingerprint density at radius 3 is 2.50 bits per heavy atom. The van der Waals surface area contributed by atoms with Crippen LogP contribution in [0.25, 0.3) is 0 Å². The molecule has 1 rings (SSSR count). The maximum atomic E-state index is 12.5. The monoisotopic (exact) mass is 305 g/mol. The van der Waals surface area contributed by atoms with Crippen molar-refractivity contribution in [1.82, 2.24) is 15.5 Å². The van der Waals surface area contributed by atoms with E-state index in [1.807, 2.05) is 0 Å². The summed E-state index contributed by atoms with van der Waals surface area (Å²) in [7, 11) is -3.56. The number of carbonyl (C=O) groups excluding carboxylic acids is 2. The van der Waals surface area contributed by atoms with Gasteiger partial charge in [-0.2, -0.15) is 0 Å². The van der Waals surface area contributed by atoms with Crippen LogP contribution in [0.4, 0.5) is 0 Å². The molecule has 116 valence electrons. The minimum absolute atomic E-state index is 0.266. The molecule has 0 aromatic carbocycles. The molecule has 0 aromatic heterocycles. The van der Waals surface area contributed by atoms with Crippen molar-refractivity contribution in [3.63, 3.8) is 0 Å². The highest BCUT2D eigenvalue weighted by Crippen LogP contribution is 2.21. The molecule has 1 unspecified atom stereocenters. The SMILES string of the molecule is CCNC(=O)C1CNCCN1C(=O)C(C)(C)S(C)(=O)=O. The van der Waals surface area contributed by atoms with E-state index in [1.165, 1.54) is 18.7 Å². The van der Waals surface area contributed by atoms with Gasteiger partial charge in [0.1, 0.15) is 10.8 Å². The molecule has 0 aromatic rings. The molecule has 0 bridgehead atoms. The van der Waals surface area contributed by atoms with Gasteiger partial charge in [-0.05, 0) is 20.8 Å². The van der Waals surface area contributed by atoms with E-state index in [0.717, 1.165) is 6.26 Å². The summed E-state index contributed by atoms with van der Waals surface area (Å²) in [5.74, 6) is -0.796.